The second-order valence-corrected chi connectivity index (χ2v) is 13.7. The molecule has 0 aromatic heterocycles. The number of nitrogens with zero attached hydrogens (tertiary/aromatic N) is 2. The number of ether oxygens (including phenoxy) is 1. The van der Waals surface area contributed by atoms with Crippen LogP contribution in [0.3, 0.4) is 0 Å². The van der Waals surface area contributed by atoms with E-state index in [0.717, 1.165) is 9.87 Å². The summed E-state index contributed by atoms with van der Waals surface area (Å²) in [5.41, 5.74) is 1.62. The van der Waals surface area contributed by atoms with Gasteiger partial charge in [-0.1, -0.05) is 90.8 Å². The highest BCUT2D eigenvalue weighted by Crippen LogP contribution is 2.33. The summed E-state index contributed by atoms with van der Waals surface area (Å²) in [4.78, 5) is 30.0. The molecule has 248 valence electrons. The Balaban J connectivity index is 1.85. The lowest BCUT2D eigenvalue weighted by Gasteiger charge is -2.34. The largest absolute Gasteiger partial charge is 0.492 e. The smallest absolute Gasteiger partial charge is 0.264 e. The maximum absolute atomic E-state index is 14.7. The third kappa shape index (κ3) is 9.28. The first-order valence-electron chi connectivity index (χ1n) is 15.4. The number of hydrogen-bond acceptors (Lipinski definition) is 5. The van der Waals surface area contributed by atoms with Gasteiger partial charge < -0.3 is 15.0 Å². The SMILES string of the molecule is CCOc1ccccc1N(CC(=O)N(Cc1ccccc1Cl)[C@H](Cc1ccccc1)C(=O)N[C@@H](C)CC)S(=O)(=O)c1ccc(Cl)cc1. The van der Waals surface area contributed by atoms with Gasteiger partial charge in [0, 0.05) is 29.1 Å². The molecular weight excluding hydrogens is 657 g/mol. The van der Waals surface area contributed by atoms with Crippen molar-refractivity contribution < 1.29 is 22.7 Å². The molecule has 4 rings (SSSR count). The second kappa shape index (κ2) is 16.7. The number of para-hydroxylation sites is 2. The van der Waals surface area contributed by atoms with Crippen molar-refractivity contribution in [3.63, 3.8) is 0 Å². The number of sulfonamides is 1. The molecule has 0 fully saturated rings. The third-order valence-electron chi connectivity index (χ3n) is 7.68. The van der Waals surface area contributed by atoms with Gasteiger partial charge in [0.2, 0.25) is 11.8 Å². The zero-order valence-electron chi connectivity index (χ0n) is 26.6. The van der Waals surface area contributed by atoms with Crippen molar-refractivity contribution in [3.8, 4) is 5.75 Å². The minimum atomic E-state index is -4.33. The van der Waals surface area contributed by atoms with E-state index in [1.165, 1.54) is 29.2 Å². The first kappa shape index (κ1) is 35.8. The van der Waals surface area contributed by atoms with Crippen LogP contribution in [-0.4, -0.2) is 50.4 Å². The Morgan fingerprint density at radius 1 is 0.851 bits per heavy atom. The summed E-state index contributed by atoms with van der Waals surface area (Å²) in [6, 6.07) is 27.6. The molecule has 47 heavy (non-hydrogen) atoms. The summed E-state index contributed by atoms with van der Waals surface area (Å²) >= 11 is 12.7. The maximum Gasteiger partial charge on any atom is 0.264 e. The first-order chi connectivity index (χ1) is 22.5. The van der Waals surface area contributed by atoms with Crippen LogP contribution in [0.5, 0.6) is 5.75 Å². The Morgan fingerprint density at radius 3 is 2.15 bits per heavy atom. The quantitative estimate of drug-likeness (QED) is 0.143. The van der Waals surface area contributed by atoms with Crippen molar-refractivity contribution in [1.29, 1.82) is 0 Å². The zero-order chi connectivity index (χ0) is 34.0. The first-order valence-corrected chi connectivity index (χ1v) is 17.6. The second-order valence-electron chi connectivity index (χ2n) is 11.0. The topological polar surface area (TPSA) is 96.0 Å². The van der Waals surface area contributed by atoms with E-state index < -0.39 is 28.5 Å². The molecule has 4 aromatic carbocycles. The number of carbonyl (C=O) groups is 2. The molecule has 0 spiro atoms. The molecule has 0 aliphatic carbocycles. The number of nitrogens with one attached hydrogen (secondary N) is 1. The molecule has 0 aliphatic rings. The summed E-state index contributed by atoms with van der Waals surface area (Å²) in [5, 5.41) is 3.81. The van der Waals surface area contributed by atoms with Crippen LogP contribution < -0.4 is 14.4 Å². The fourth-order valence-corrected chi connectivity index (χ4v) is 6.74. The zero-order valence-corrected chi connectivity index (χ0v) is 28.9. The molecule has 0 unspecified atom stereocenters. The van der Waals surface area contributed by atoms with E-state index in [1.54, 1.807) is 55.5 Å². The molecule has 1 N–H and O–H groups in total. The normalized spacial score (nSPS) is 12.5. The van der Waals surface area contributed by atoms with Crippen molar-refractivity contribution >= 4 is 50.7 Å². The molecule has 4 aromatic rings. The minimum absolute atomic E-state index is 0.0358. The van der Waals surface area contributed by atoms with Gasteiger partial charge in [0.05, 0.1) is 17.2 Å². The number of anilines is 1. The summed E-state index contributed by atoms with van der Waals surface area (Å²) in [7, 11) is -4.33. The van der Waals surface area contributed by atoms with Crippen molar-refractivity contribution in [1.82, 2.24) is 10.2 Å². The molecular formula is C36H39Cl2N3O5S. The summed E-state index contributed by atoms with van der Waals surface area (Å²) < 4.78 is 35.4. The van der Waals surface area contributed by atoms with Crippen molar-refractivity contribution in [2.24, 2.45) is 0 Å². The molecule has 2 atom stereocenters. The standard InChI is InChI=1S/C36H39Cl2N3O5S/c1-4-26(3)39-36(43)33(23-27-13-7-6-8-14-27)40(24-28-15-9-10-16-31(28)38)35(42)25-41(32-17-11-12-18-34(32)46-5-2)47(44,45)30-21-19-29(37)20-22-30/h6-22,26,33H,4-5,23-25H2,1-3H3,(H,39,43)/t26-,33+/m0/s1. The Hall–Kier alpha value is -4.05. The lowest BCUT2D eigenvalue weighted by atomic mass is 10.0. The van der Waals surface area contributed by atoms with Crippen LogP contribution in [0.25, 0.3) is 0 Å². The fourth-order valence-electron chi connectivity index (χ4n) is 4.99. The van der Waals surface area contributed by atoms with E-state index in [2.05, 4.69) is 5.32 Å². The van der Waals surface area contributed by atoms with Crippen molar-refractivity contribution in [2.75, 3.05) is 17.5 Å². The molecule has 0 bridgehead atoms. The number of rotatable bonds is 15. The van der Waals surface area contributed by atoms with E-state index >= 15 is 0 Å². The number of amides is 2. The van der Waals surface area contributed by atoms with Crippen LogP contribution in [0.4, 0.5) is 5.69 Å². The van der Waals surface area contributed by atoms with Gasteiger partial charge in [-0.2, -0.15) is 0 Å². The molecule has 2 amide bonds. The van der Waals surface area contributed by atoms with Gasteiger partial charge in [-0.15, -0.1) is 0 Å². The van der Waals surface area contributed by atoms with Gasteiger partial charge in [0.1, 0.15) is 18.3 Å². The van der Waals surface area contributed by atoms with Crippen LogP contribution in [0.15, 0.2) is 108 Å². The lowest BCUT2D eigenvalue weighted by molar-refractivity contribution is -0.140. The third-order valence-corrected chi connectivity index (χ3v) is 10.1. The predicted octanol–water partition coefficient (Wildman–Crippen LogP) is 7.14. The van der Waals surface area contributed by atoms with Gasteiger partial charge in [0.25, 0.3) is 10.0 Å². The van der Waals surface area contributed by atoms with Crippen LogP contribution in [0.2, 0.25) is 10.0 Å². The van der Waals surface area contributed by atoms with Crippen LogP contribution >= 0.6 is 23.2 Å². The predicted molar refractivity (Wildman–Crippen MR) is 187 cm³/mol. The summed E-state index contributed by atoms with van der Waals surface area (Å²) in [5.74, 6) is -0.673. The number of hydrogen-bond donors (Lipinski definition) is 1. The van der Waals surface area contributed by atoms with E-state index in [4.69, 9.17) is 27.9 Å². The highest BCUT2D eigenvalue weighted by Gasteiger charge is 2.36. The van der Waals surface area contributed by atoms with Crippen molar-refractivity contribution in [2.45, 2.75) is 57.1 Å². The number of halogens is 2. The summed E-state index contributed by atoms with van der Waals surface area (Å²) in [6.07, 6.45) is 0.877. The molecule has 11 heteroatoms. The highest BCUT2D eigenvalue weighted by atomic mass is 35.5. The van der Waals surface area contributed by atoms with E-state index in [0.29, 0.717) is 22.0 Å². The van der Waals surface area contributed by atoms with Gasteiger partial charge in [-0.25, -0.2) is 8.42 Å². The van der Waals surface area contributed by atoms with Crippen LogP contribution in [0, 0.1) is 0 Å². The number of benzene rings is 4. The lowest BCUT2D eigenvalue weighted by Crippen LogP contribution is -2.54. The van der Waals surface area contributed by atoms with Gasteiger partial charge in [-0.05, 0) is 73.9 Å². The minimum Gasteiger partial charge on any atom is -0.492 e. The molecule has 0 saturated heterocycles. The molecule has 0 heterocycles. The highest BCUT2D eigenvalue weighted by molar-refractivity contribution is 7.92. The molecule has 0 aliphatic heterocycles. The van der Waals surface area contributed by atoms with Crippen LogP contribution in [0.1, 0.15) is 38.3 Å². The average Bonchev–Trinajstić information content (AvgIpc) is 3.07. The number of carbonyl (C=O) groups excluding carboxylic acids is 2. The molecule has 0 saturated carbocycles. The van der Waals surface area contributed by atoms with Gasteiger partial charge >= 0.3 is 0 Å². The Morgan fingerprint density at radius 2 is 1.49 bits per heavy atom. The maximum atomic E-state index is 14.7. The van der Waals surface area contributed by atoms with E-state index in [1.807, 2.05) is 44.2 Å². The monoisotopic (exact) mass is 695 g/mol. The van der Waals surface area contributed by atoms with E-state index in [9.17, 15) is 18.0 Å². The Kier molecular flexibility index (Phi) is 12.7. The van der Waals surface area contributed by atoms with Gasteiger partial charge in [-0.3, -0.25) is 13.9 Å². The summed E-state index contributed by atoms with van der Waals surface area (Å²) in [6.45, 7) is 5.25. The molecule has 0 radical (unpaired) electrons. The van der Waals surface area contributed by atoms with Crippen LogP contribution in [-0.2, 0) is 32.6 Å². The Bertz CT molecular complexity index is 1750. The van der Waals surface area contributed by atoms with Gasteiger partial charge in [0.15, 0.2) is 0 Å². The van der Waals surface area contributed by atoms with Crippen molar-refractivity contribution in [3.05, 3.63) is 124 Å². The molecule has 8 nitrogen and oxygen atoms in total. The Labute approximate surface area is 287 Å². The average molecular weight is 697 g/mol. The van der Waals surface area contributed by atoms with E-state index in [-0.39, 0.29) is 47.9 Å². The fraction of sp³-hybridized carbons (Fsp3) is 0.278.